The second-order valence-corrected chi connectivity index (χ2v) is 8.77. The van der Waals surface area contributed by atoms with E-state index in [1.165, 1.54) is 12.1 Å². The number of halogens is 4. The Hall–Kier alpha value is -1.37. The van der Waals surface area contributed by atoms with E-state index in [0.717, 1.165) is 48.0 Å². The van der Waals surface area contributed by atoms with Gasteiger partial charge in [-0.1, -0.05) is 35.3 Å². The van der Waals surface area contributed by atoms with Crippen molar-refractivity contribution in [3.63, 3.8) is 0 Å². The van der Waals surface area contributed by atoms with Crippen LogP contribution in [0.25, 0.3) is 10.9 Å². The fourth-order valence-corrected chi connectivity index (χ4v) is 4.56. The number of aromatic nitrogens is 2. The molecular weight excluding hydrogens is 448 g/mol. The van der Waals surface area contributed by atoms with Crippen LogP contribution in [0.3, 0.4) is 0 Å². The van der Waals surface area contributed by atoms with Crippen LogP contribution in [0.1, 0.15) is 37.0 Å². The largest absolute Gasteiger partial charge is 0.373 e. The van der Waals surface area contributed by atoms with E-state index in [0.29, 0.717) is 16.8 Å². The lowest BCUT2D eigenvalue weighted by molar-refractivity contribution is 0.00696. The first kappa shape index (κ1) is 23.3. The molecule has 0 saturated carbocycles. The van der Waals surface area contributed by atoms with Crippen LogP contribution in [-0.4, -0.2) is 41.8 Å². The average molecular weight is 473 g/mol. The van der Waals surface area contributed by atoms with Gasteiger partial charge in [0.25, 0.3) is 0 Å². The molecule has 2 heterocycles. The molecule has 1 N–H and O–H groups in total. The molecule has 0 aliphatic carbocycles. The summed E-state index contributed by atoms with van der Waals surface area (Å²) in [6.45, 7) is 4.51. The molecule has 1 aliphatic rings. The first-order chi connectivity index (χ1) is 13.9. The average Bonchev–Trinajstić information content (AvgIpc) is 3.08. The van der Waals surface area contributed by atoms with Gasteiger partial charge in [0.05, 0.1) is 18.2 Å². The first-order valence-corrected chi connectivity index (χ1v) is 10.5. The number of nitrogens with zero attached hydrogens (tertiary/aromatic N) is 2. The summed E-state index contributed by atoms with van der Waals surface area (Å²) in [7, 11) is 2.13. The molecule has 3 aromatic rings. The first-order valence-electron chi connectivity index (χ1n) is 9.77. The quantitative estimate of drug-likeness (QED) is 0.482. The summed E-state index contributed by atoms with van der Waals surface area (Å²) in [5.41, 5.74) is 2.75. The number of benzene rings is 2. The molecule has 1 unspecified atom stereocenters. The second kappa shape index (κ2) is 9.41. The fourth-order valence-electron chi connectivity index (χ4n) is 4.14. The van der Waals surface area contributed by atoms with Crippen LogP contribution in [0.5, 0.6) is 0 Å². The Kier molecular flexibility index (Phi) is 7.31. The van der Waals surface area contributed by atoms with Crippen LogP contribution >= 0.6 is 35.6 Å². The van der Waals surface area contributed by atoms with Crippen LogP contribution in [0.2, 0.25) is 10.2 Å². The number of piperidine rings is 1. The van der Waals surface area contributed by atoms with Gasteiger partial charge in [0.15, 0.2) is 5.15 Å². The van der Waals surface area contributed by atoms with Crippen molar-refractivity contribution in [2.75, 3.05) is 26.7 Å². The third-order valence-electron chi connectivity index (χ3n) is 6.07. The molecule has 2 aromatic carbocycles. The van der Waals surface area contributed by atoms with Crippen molar-refractivity contribution in [2.24, 2.45) is 0 Å². The van der Waals surface area contributed by atoms with Crippen molar-refractivity contribution < 1.29 is 9.13 Å². The van der Waals surface area contributed by atoms with Crippen LogP contribution in [0, 0.1) is 5.82 Å². The van der Waals surface area contributed by atoms with Gasteiger partial charge in [0.2, 0.25) is 0 Å². The molecule has 1 atom stereocenters. The molecule has 162 valence electrons. The Bertz CT molecular complexity index is 1000. The zero-order chi connectivity index (χ0) is 20.6. The molecule has 8 heteroatoms. The van der Waals surface area contributed by atoms with Gasteiger partial charge < -0.3 is 9.64 Å². The third-order valence-corrected chi connectivity index (χ3v) is 6.58. The second-order valence-electron chi connectivity index (χ2n) is 7.98. The molecule has 0 radical (unpaired) electrons. The maximum absolute atomic E-state index is 13.5. The molecule has 1 fully saturated rings. The summed E-state index contributed by atoms with van der Waals surface area (Å²) in [6.07, 6.45) is 1.72. The van der Waals surface area contributed by atoms with E-state index in [2.05, 4.69) is 22.1 Å². The van der Waals surface area contributed by atoms with Crippen molar-refractivity contribution in [3.05, 3.63) is 63.5 Å². The lowest BCUT2D eigenvalue weighted by Gasteiger charge is -2.41. The zero-order valence-electron chi connectivity index (χ0n) is 16.9. The van der Waals surface area contributed by atoms with E-state index in [-0.39, 0.29) is 29.7 Å². The summed E-state index contributed by atoms with van der Waals surface area (Å²) in [6, 6.07) is 10.5. The van der Waals surface area contributed by atoms with Gasteiger partial charge in [0, 0.05) is 21.4 Å². The number of hydrogen-bond donors (Lipinski definition) is 1. The minimum Gasteiger partial charge on any atom is -0.373 e. The highest BCUT2D eigenvalue weighted by Gasteiger charge is 2.36. The predicted molar refractivity (Wildman–Crippen MR) is 123 cm³/mol. The van der Waals surface area contributed by atoms with Gasteiger partial charge in [-0.25, -0.2) is 4.39 Å². The monoisotopic (exact) mass is 471 g/mol. The van der Waals surface area contributed by atoms with Gasteiger partial charge >= 0.3 is 0 Å². The summed E-state index contributed by atoms with van der Waals surface area (Å²) < 4.78 is 19.9. The van der Waals surface area contributed by atoms with E-state index < -0.39 is 0 Å². The summed E-state index contributed by atoms with van der Waals surface area (Å²) in [4.78, 5) is 2.32. The third kappa shape index (κ3) is 4.61. The van der Waals surface area contributed by atoms with Gasteiger partial charge in [-0.05, 0) is 69.7 Å². The highest BCUT2D eigenvalue weighted by atomic mass is 35.5. The number of H-pyrrole nitrogens is 1. The van der Waals surface area contributed by atoms with Gasteiger partial charge in [-0.3, -0.25) is 5.10 Å². The molecule has 0 bridgehead atoms. The normalized spacial score (nSPS) is 17.6. The van der Waals surface area contributed by atoms with E-state index in [1.807, 2.05) is 25.1 Å². The van der Waals surface area contributed by atoms with E-state index >= 15 is 0 Å². The number of hydrogen-bond acceptors (Lipinski definition) is 3. The minimum absolute atomic E-state index is 0. The maximum atomic E-state index is 13.5. The summed E-state index contributed by atoms with van der Waals surface area (Å²) >= 11 is 12.5. The molecule has 1 aromatic heterocycles. The van der Waals surface area contributed by atoms with Crippen LogP contribution in [0.4, 0.5) is 4.39 Å². The SMILES string of the molecule is CC(OCC1(c2ccc(F)cc2)CCN(C)CC1)c1cc(Cl)cc2c(Cl)n[nH]c12.Cl. The standard InChI is InChI=1S/C22H24Cl2FN3O.ClH/c1-14(18-11-16(23)12-19-20(18)26-27-21(19)24)29-13-22(7-9-28(2)10-8-22)15-3-5-17(25)6-4-15;/h3-6,11-12,14H,7-10,13H2,1-2H3,(H,26,27);1H. The molecule has 30 heavy (non-hydrogen) atoms. The summed E-state index contributed by atoms with van der Waals surface area (Å²) in [5.74, 6) is -0.219. The van der Waals surface area contributed by atoms with Crippen molar-refractivity contribution in [1.82, 2.24) is 15.1 Å². The highest BCUT2D eigenvalue weighted by Crippen LogP contribution is 2.38. The maximum Gasteiger partial charge on any atom is 0.158 e. The van der Waals surface area contributed by atoms with Crippen molar-refractivity contribution in [2.45, 2.75) is 31.3 Å². The van der Waals surface area contributed by atoms with Crippen LogP contribution in [0.15, 0.2) is 36.4 Å². The lowest BCUT2D eigenvalue weighted by Crippen LogP contribution is -2.44. The molecule has 0 spiro atoms. The number of rotatable bonds is 5. The number of fused-ring (bicyclic) bond motifs is 1. The topological polar surface area (TPSA) is 41.1 Å². The molecule has 4 nitrogen and oxygen atoms in total. The minimum atomic E-state index is -0.219. The summed E-state index contributed by atoms with van der Waals surface area (Å²) in [5, 5.41) is 8.86. The molecule has 1 saturated heterocycles. The Labute approximate surface area is 192 Å². The van der Waals surface area contributed by atoms with Crippen molar-refractivity contribution in [3.8, 4) is 0 Å². The highest BCUT2D eigenvalue weighted by molar-refractivity contribution is 6.36. The Balaban J connectivity index is 0.00000256. The number of nitrogens with one attached hydrogen (secondary N) is 1. The van der Waals surface area contributed by atoms with Gasteiger partial charge in [-0.15, -0.1) is 12.4 Å². The van der Waals surface area contributed by atoms with Crippen LogP contribution in [-0.2, 0) is 10.2 Å². The smallest absolute Gasteiger partial charge is 0.158 e. The zero-order valence-corrected chi connectivity index (χ0v) is 19.3. The molecule has 0 amide bonds. The lowest BCUT2D eigenvalue weighted by atomic mass is 9.73. The Morgan fingerprint density at radius 1 is 1.20 bits per heavy atom. The number of likely N-dealkylation sites (tertiary alicyclic amines) is 1. The van der Waals surface area contributed by atoms with Gasteiger partial charge in [-0.2, -0.15) is 5.10 Å². The van der Waals surface area contributed by atoms with Crippen molar-refractivity contribution in [1.29, 1.82) is 0 Å². The molecule has 1 aliphatic heterocycles. The Morgan fingerprint density at radius 3 is 2.53 bits per heavy atom. The number of ether oxygens (including phenoxy) is 1. The Morgan fingerprint density at radius 2 is 1.87 bits per heavy atom. The van der Waals surface area contributed by atoms with Crippen molar-refractivity contribution >= 4 is 46.5 Å². The van der Waals surface area contributed by atoms with E-state index in [4.69, 9.17) is 27.9 Å². The fraction of sp³-hybridized carbons (Fsp3) is 0.409. The molecule has 4 rings (SSSR count). The van der Waals surface area contributed by atoms with Crippen LogP contribution < -0.4 is 0 Å². The van der Waals surface area contributed by atoms with E-state index in [9.17, 15) is 4.39 Å². The van der Waals surface area contributed by atoms with E-state index in [1.54, 1.807) is 6.07 Å². The predicted octanol–water partition coefficient (Wildman–Crippen LogP) is 6.17. The van der Waals surface area contributed by atoms with Gasteiger partial charge in [0.1, 0.15) is 5.82 Å². The number of aromatic amines is 1. The molecular formula is C22H25Cl3FN3O.